The van der Waals surface area contributed by atoms with Crippen LogP contribution in [0.3, 0.4) is 0 Å². The second-order valence-corrected chi connectivity index (χ2v) is 6.74. The van der Waals surface area contributed by atoms with Crippen LogP contribution in [0.1, 0.15) is 41.8 Å². The normalized spacial score (nSPS) is 16.9. The highest BCUT2D eigenvalue weighted by atomic mass is 16.5. The quantitative estimate of drug-likeness (QED) is 0.725. The van der Waals surface area contributed by atoms with Crippen LogP contribution in [-0.4, -0.2) is 38.1 Å². The van der Waals surface area contributed by atoms with E-state index in [1.165, 1.54) is 0 Å². The topological polar surface area (TPSA) is 52.3 Å². The number of fused-ring (bicyclic) bond motifs is 2. The third kappa shape index (κ3) is 2.61. The third-order valence-corrected chi connectivity index (χ3v) is 5.22. The number of ether oxygens (including phenoxy) is 1. The number of amides is 1. The second-order valence-electron chi connectivity index (χ2n) is 6.74. The van der Waals surface area contributed by atoms with E-state index in [9.17, 15) is 4.79 Å². The number of para-hydroxylation sites is 1. The molecule has 0 bridgehead atoms. The van der Waals surface area contributed by atoms with Gasteiger partial charge in [-0.3, -0.25) is 4.79 Å². The van der Waals surface area contributed by atoms with Gasteiger partial charge in [-0.2, -0.15) is 0 Å². The first-order valence-corrected chi connectivity index (χ1v) is 9.09. The molecule has 1 atom stereocenters. The lowest BCUT2D eigenvalue weighted by molar-refractivity contribution is 0.0631. The maximum absolute atomic E-state index is 13.3. The Hall–Kier alpha value is -2.60. The monoisotopic (exact) mass is 352 g/mol. The van der Waals surface area contributed by atoms with E-state index in [0.717, 1.165) is 34.5 Å². The van der Waals surface area contributed by atoms with E-state index >= 15 is 0 Å². The van der Waals surface area contributed by atoms with Gasteiger partial charge in [0, 0.05) is 43.8 Å². The van der Waals surface area contributed by atoms with Gasteiger partial charge in [-0.15, -0.1) is 0 Å². The van der Waals surface area contributed by atoms with Gasteiger partial charge < -0.3 is 18.8 Å². The average Bonchev–Trinajstić information content (AvgIpc) is 3.22. The minimum absolute atomic E-state index is 0.0643. The average molecular weight is 352 g/mol. The Bertz CT molecular complexity index is 956. The van der Waals surface area contributed by atoms with Gasteiger partial charge in [-0.25, -0.2) is 4.98 Å². The summed E-state index contributed by atoms with van der Waals surface area (Å²) in [6.45, 7) is 6.70. The van der Waals surface area contributed by atoms with E-state index in [2.05, 4.69) is 9.55 Å². The van der Waals surface area contributed by atoms with Crippen molar-refractivity contribution in [3.63, 3.8) is 0 Å². The highest BCUT2D eigenvalue weighted by Crippen LogP contribution is 2.29. The SMILES string of the molecule is CCOCc1cnc2n1CCN(C(=O)c1cn(C)c3ccccc13)[C@@H]2C. The maximum atomic E-state index is 13.3. The number of rotatable bonds is 4. The summed E-state index contributed by atoms with van der Waals surface area (Å²) in [5.41, 5.74) is 2.90. The van der Waals surface area contributed by atoms with Crippen LogP contribution in [0.15, 0.2) is 36.7 Å². The molecule has 1 aliphatic rings. The number of hydrogen-bond donors (Lipinski definition) is 0. The molecule has 1 aliphatic heterocycles. The summed E-state index contributed by atoms with van der Waals surface area (Å²) >= 11 is 0. The molecule has 6 nitrogen and oxygen atoms in total. The zero-order valence-electron chi connectivity index (χ0n) is 15.5. The van der Waals surface area contributed by atoms with Crippen LogP contribution in [0.2, 0.25) is 0 Å². The molecule has 0 unspecified atom stereocenters. The summed E-state index contributed by atoms with van der Waals surface area (Å²) in [6, 6.07) is 7.96. The van der Waals surface area contributed by atoms with E-state index < -0.39 is 0 Å². The Labute approximate surface area is 153 Å². The van der Waals surface area contributed by atoms with Crippen LogP contribution in [0.4, 0.5) is 0 Å². The van der Waals surface area contributed by atoms with Crippen molar-refractivity contribution in [2.24, 2.45) is 7.05 Å². The molecule has 0 saturated heterocycles. The molecule has 4 rings (SSSR count). The lowest BCUT2D eigenvalue weighted by Crippen LogP contribution is -2.41. The zero-order valence-corrected chi connectivity index (χ0v) is 15.5. The van der Waals surface area contributed by atoms with E-state index in [1.54, 1.807) is 0 Å². The second kappa shape index (κ2) is 6.61. The van der Waals surface area contributed by atoms with Gasteiger partial charge in [0.25, 0.3) is 5.91 Å². The van der Waals surface area contributed by atoms with Crippen LogP contribution in [0.25, 0.3) is 10.9 Å². The van der Waals surface area contributed by atoms with Crippen molar-refractivity contribution in [2.75, 3.05) is 13.2 Å². The molecule has 136 valence electrons. The molecule has 0 aliphatic carbocycles. The molecule has 26 heavy (non-hydrogen) atoms. The summed E-state index contributed by atoms with van der Waals surface area (Å²) in [7, 11) is 1.98. The van der Waals surface area contributed by atoms with Crippen molar-refractivity contribution in [1.82, 2.24) is 19.0 Å². The molecular weight excluding hydrogens is 328 g/mol. The van der Waals surface area contributed by atoms with Gasteiger partial charge in [-0.1, -0.05) is 18.2 Å². The van der Waals surface area contributed by atoms with Crippen molar-refractivity contribution in [2.45, 2.75) is 33.0 Å². The molecule has 0 N–H and O–H groups in total. The lowest BCUT2D eigenvalue weighted by Gasteiger charge is -2.34. The minimum Gasteiger partial charge on any atom is -0.375 e. The molecule has 3 aromatic rings. The number of carbonyl (C=O) groups excluding carboxylic acids is 1. The molecule has 3 heterocycles. The van der Waals surface area contributed by atoms with E-state index in [-0.39, 0.29) is 11.9 Å². The Balaban J connectivity index is 1.64. The maximum Gasteiger partial charge on any atom is 0.256 e. The Morgan fingerprint density at radius 1 is 1.31 bits per heavy atom. The van der Waals surface area contributed by atoms with Gasteiger partial charge in [0.1, 0.15) is 5.82 Å². The molecule has 0 radical (unpaired) electrons. The fourth-order valence-corrected chi connectivity index (χ4v) is 3.83. The Morgan fingerprint density at radius 3 is 2.92 bits per heavy atom. The van der Waals surface area contributed by atoms with Crippen molar-refractivity contribution in [3.8, 4) is 0 Å². The number of benzene rings is 1. The van der Waals surface area contributed by atoms with Crippen molar-refractivity contribution in [3.05, 3.63) is 53.7 Å². The highest BCUT2D eigenvalue weighted by molar-refractivity contribution is 6.07. The van der Waals surface area contributed by atoms with Gasteiger partial charge in [-0.05, 0) is 19.9 Å². The fourth-order valence-electron chi connectivity index (χ4n) is 3.83. The molecule has 0 saturated carbocycles. The minimum atomic E-state index is -0.0643. The summed E-state index contributed by atoms with van der Waals surface area (Å²) in [6.07, 6.45) is 3.80. The number of nitrogens with zero attached hydrogens (tertiary/aromatic N) is 4. The standard InChI is InChI=1S/C20H24N4O2/c1-4-26-13-15-11-21-19-14(2)23(9-10-24(15)19)20(25)17-12-22(3)18-8-6-5-7-16(17)18/h5-8,11-12,14H,4,9-10,13H2,1-3H3/t14-/m1/s1. The molecule has 0 fully saturated rings. The molecular formula is C20H24N4O2. The van der Waals surface area contributed by atoms with E-state index in [1.807, 2.05) is 67.0 Å². The van der Waals surface area contributed by atoms with Crippen LogP contribution < -0.4 is 0 Å². The summed E-state index contributed by atoms with van der Waals surface area (Å²) in [5.74, 6) is 0.995. The molecule has 0 spiro atoms. The highest BCUT2D eigenvalue weighted by Gasteiger charge is 2.32. The first-order valence-electron chi connectivity index (χ1n) is 9.09. The molecule has 6 heteroatoms. The van der Waals surface area contributed by atoms with Gasteiger partial charge in [0.2, 0.25) is 0 Å². The van der Waals surface area contributed by atoms with Crippen molar-refractivity contribution < 1.29 is 9.53 Å². The van der Waals surface area contributed by atoms with Gasteiger partial charge in [0.05, 0.1) is 30.1 Å². The molecule has 2 aromatic heterocycles. The summed E-state index contributed by atoms with van der Waals surface area (Å²) < 4.78 is 9.73. The third-order valence-electron chi connectivity index (χ3n) is 5.22. The molecule has 1 aromatic carbocycles. The smallest absolute Gasteiger partial charge is 0.256 e. The van der Waals surface area contributed by atoms with Crippen LogP contribution in [0, 0.1) is 0 Å². The summed E-state index contributed by atoms with van der Waals surface area (Å²) in [5, 5.41) is 0.998. The predicted molar refractivity (Wildman–Crippen MR) is 99.9 cm³/mol. The lowest BCUT2D eigenvalue weighted by atomic mass is 10.1. The number of aryl methyl sites for hydroxylation is 1. The van der Waals surface area contributed by atoms with Crippen LogP contribution in [0.5, 0.6) is 0 Å². The predicted octanol–water partition coefficient (Wildman–Crippen LogP) is 3.13. The zero-order chi connectivity index (χ0) is 18.3. The largest absolute Gasteiger partial charge is 0.375 e. The Kier molecular flexibility index (Phi) is 4.28. The first kappa shape index (κ1) is 16.8. The van der Waals surface area contributed by atoms with Gasteiger partial charge >= 0.3 is 0 Å². The fraction of sp³-hybridized carbons (Fsp3) is 0.400. The Morgan fingerprint density at radius 2 is 2.12 bits per heavy atom. The van der Waals surface area contributed by atoms with Crippen molar-refractivity contribution in [1.29, 1.82) is 0 Å². The van der Waals surface area contributed by atoms with Crippen molar-refractivity contribution >= 4 is 16.8 Å². The first-order chi connectivity index (χ1) is 12.6. The number of carbonyl (C=O) groups is 1. The van der Waals surface area contributed by atoms with E-state index in [4.69, 9.17) is 4.74 Å². The van der Waals surface area contributed by atoms with Gasteiger partial charge in [0.15, 0.2) is 0 Å². The number of imidazole rings is 1. The van der Waals surface area contributed by atoms with E-state index in [0.29, 0.717) is 19.8 Å². The molecule has 1 amide bonds. The van der Waals surface area contributed by atoms with Crippen LogP contribution >= 0.6 is 0 Å². The number of hydrogen-bond acceptors (Lipinski definition) is 3. The number of aromatic nitrogens is 3. The summed E-state index contributed by atoms with van der Waals surface area (Å²) in [4.78, 5) is 19.8. The van der Waals surface area contributed by atoms with Crippen LogP contribution in [-0.2, 0) is 24.9 Å².